The van der Waals surface area contributed by atoms with E-state index in [0.29, 0.717) is 45.1 Å². The first-order valence-electron chi connectivity index (χ1n) is 13.3. The number of halogens is 1. The van der Waals surface area contributed by atoms with Crippen LogP contribution in [-0.2, 0) is 32.0 Å². The van der Waals surface area contributed by atoms with Crippen LogP contribution in [0.25, 0.3) is 0 Å². The van der Waals surface area contributed by atoms with Crippen molar-refractivity contribution in [2.75, 3.05) is 32.9 Å². The number of carboxylic acid groups (broad SMARTS) is 1. The van der Waals surface area contributed by atoms with Gasteiger partial charge in [-0.1, -0.05) is 24.3 Å². The smallest absolute Gasteiger partial charge is 0.410 e. The monoisotopic (exact) mass is 531 g/mol. The topological polar surface area (TPSA) is 94.5 Å². The molecule has 0 heterocycles. The normalized spacial score (nSPS) is 14.3. The van der Waals surface area contributed by atoms with Crippen molar-refractivity contribution in [3.05, 3.63) is 65.5 Å². The quantitative estimate of drug-likeness (QED) is 0.297. The minimum Gasteiger partial charge on any atom is -0.492 e. The third-order valence-electron chi connectivity index (χ3n) is 6.34. The first-order chi connectivity index (χ1) is 18.4. The predicted octanol–water partition coefficient (Wildman–Crippen LogP) is 5.22. The highest BCUT2D eigenvalue weighted by Crippen LogP contribution is 2.22. The molecule has 8 nitrogen and oxygen atoms in total. The zero-order valence-electron chi connectivity index (χ0n) is 22.0. The van der Waals surface area contributed by atoms with Crippen molar-refractivity contribution in [2.24, 2.45) is 0 Å². The number of hydrogen-bond donors (Lipinski definition) is 1. The molecular weight excluding hydrogens is 493 g/mol. The third-order valence-corrected chi connectivity index (χ3v) is 6.34. The Kier molecular flexibility index (Phi) is 12.3. The molecule has 1 unspecified atom stereocenters. The van der Waals surface area contributed by atoms with E-state index >= 15 is 0 Å². The van der Waals surface area contributed by atoms with Gasteiger partial charge in [0.25, 0.3) is 0 Å². The van der Waals surface area contributed by atoms with Crippen molar-refractivity contribution in [3.8, 4) is 5.75 Å². The summed E-state index contributed by atoms with van der Waals surface area (Å²) in [4.78, 5) is 25.8. The van der Waals surface area contributed by atoms with Crippen LogP contribution in [0.15, 0.2) is 48.5 Å². The number of carbonyl (C=O) groups excluding carboxylic acids is 1. The number of ether oxygens (including phenoxy) is 4. The zero-order valence-corrected chi connectivity index (χ0v) is 22.0. The molecule has 1 aliphatic rings. The lowest BCUT2D eigenvalue weighted by Gasteiger charge is -2.24. The summed E-state index contributed by atoms with van der Waals surface area (Å²) in [5, 5.41) is 9.26. The van der Waals surface area contributed by atoms with Crippen LogP contribution in [0.3, 0.4) is 0 Å². The Labute approximate surface area is 223 Å². The Morgan fingerprint density at radius 3 is 2.34 bits per heavy atom. The second-order valence-corrected chi connectivity index (χ2v) is 9.29. The minimum absolute atomic E-state index is 0.0282. The molecule has 0 radical (unpaired) electrons. The zero-order chi connectivity index (χ0) is 27.2. The van der Waals surface area contributed by atoms with Crippen molar-refractivity contribution in [1.82, 2.24) is 4.90 Å². The van der Waals surface area contributed by atoms with Crippen LogP contribution in [0.5, 0.6) is 5.75 Å². The van der Waals surface area contributed by atoms with Crippen molar-refractivity contribution in [2.45, 2.75) is 64.3 Å². The van der Waals surface area contributed by atoms with Crippen molar-refractivity contribution in [1.29, 1.82) is 0 Å². The van der Waals surface area contributed by atoms with Crippen LogP contribution < -0.4 is 4.74 Å². The molecule has 0 bridgehead atoms. The van der Waals surface area contributed by atoms with E-state index in [4.69, 9.17) is 18.9 Å². The first-order valence-corrected chi connectivity index (χ1v) is 13.3. The summed E-state index contributed by atoms with van der Waals surface area (Å²) in [7, 11) is 0. The average Bonchev–Trinajstić information content (AvgIpc) is 3.42. The van der Waals surface area contributed by atoms with E-state index in [9.17, 15) is 19.1 Å². The molecule has 1 aliphatic carbocycles. The molecular formula is C29H38FNO7. The van der Waals surface area contributed by atoms with Gasteiger partial charge in [0.2, 0.25) is 0 Å². The van der Waals surface area contributed by atoms with E-state index in [1.54, 1.807) is 36.1 Å². The molecule has 3 rings (SSSR count). The Morgan fingerprint density at radius 1 is 1.00 bits per heavy atom. The summed E-state index contributed by atoms with van der Waals surface area (Å²) >= 11 is 0. The van der Waals surface area contributed by atoms with Crippen molar-refractivity contribution in [3.63, 3.8) is 0 Å². The fourth-order valence-corrected chi connectivity index (χ4v) is 4.27. The Balaban J connectivity index is 1.45. The summed E-state index contributed by atoms with van der Waals surface area (Å²) in [5.41, 5.74) is 1.72. The number of hydrogen-bond acceptors (Lipinski definition) is 6. The number of carboxylic acids is 1. The molecule has 0 aliphatic heterocycles. The molecule has 1 N–H and O–H groups in total. The summed E-state index contributed by atoms with van der Waals surface area (Å²) in [6.45, 7) is 4.03. The average molecular weight is 532 g/mol. The van der Waals surface area contributed by atoms with E-state index in [2.05, 4.69) is 0 Å². The summed E-state index contributed by atoms with van der Waals surface area (Å²) in [5.74, 6) is -0.641. The van der Waals surface area contributed by atoms with Gasteiger partial charge in [-0.25, -0.2) is 14.0 Å². The van der Waals surface area contributed by atoms with E-state index in [0.717, 1.165) is 36.8 Å². The number of amides is 1. The van der Waals surface area contributed by atoms with Crippen LogP contribution in [0.4, 0.5) is 9.18 Å². The van der Waals surface area contributed by atoms with Crippen LogP contribution in [0.1, 0.15) is 50.2 Å². The maximum absolute atomic E-state index is 13.0. The van der Waals surface area contributed by atoms with Crippen LogP contribution in [0, 0.1) is 5.82 Å². The molecule has 2 aromatic rings. The lowest BCUT2D eigenvalue weighted by atomic mass is 10.1. The van der Waals surface area contributed by atoms with Gasteiger partial charge in [-0.2, -0.15) is 0 Å². The molecule has 9 heteroatoms. The lowest BCUT2D eigenvalue weighted by Crippen LogP contribution is -2.38. The van der Waals surface area contributed by atoms with E-state index in [1.807, 2.05) is 12.1 Å². The summed E-state index contributed by atoms with van der Waals surface area (Å²) in [6.07, 6.45) is 3.59. The number of rotatable bonds is 16. The number of benzene rings is 2. The van der Waals surface area contributed by atoms with Gasteiger partial charge in [-0.05, 0) is 74.4 Å². The second kappa shape index (κ2) is 15.9. The molecule has 1 saturated carbocycles. The Bertz CT molecular complexity index is 977. The Morgan fingerprint density at radius 2 is 1.68 bits per heavy atom. The van der Waals surface area contributed by atoms with Crippen molar-refractivity contribution >= 4 is 12.1 Å². The van der Waals surface area contributed by atoms with E-state index in [1.165, 1.54) is 12.1 Å². The number of nitrogens with zero attached hydrogens (tertiary/aromatic N) is 1. The molecule has 1 fully saturated rings. The maximum Gasteiger partial charge on any atom is 0.410 e. The van der Waals surface area contributed by atoms with E-state index in [-0.39, 0.29) is 31.0 Å². The largest absolute Gasteiger partial charge is 0.492 e. The van der Waals surface area contributed by atoms with Gasteiger partial charge in [-0.15, -0.1) is 0 Å². The molecule has 1 amide bonds. The molecule has 0 saturated heterocycles. The third kappa shape index (κ3) is 10.3. The lowest BCUT2D eigenvalue weighted by molar-refractivity contribution is -0.149. The summed E-state index contributed by atoms with van der Waals surface area (Å²) < 4.78 is 35.5. The van der Waals surface area contributed by atoms with Crippen LogP contribution >= 0.6 is 0 Å². The minimum atomic E-state index is -0.988. The van der Waals surface area contributed by atoms with E-state index < -0.39 is 12.1 Å². The van der Waals surface area contributed by atoms with Gasteiger partial charge in [0, 0.05) is 26.2 Å². The fourth-order valence-electron chi connectivity index (χ4n) is 4.27. The van der Waals surface area contributed by atoms with Gasteiger partial charge in [0.05, 0.1) is 13.2 Å². The van der Waals surface area contributed by atoms with Crippen molar-refractivity contribution < 1.29 is 38.0 Å². The Hall–Kier alpha value is -3.17. The molecule has 0 aromatic heterocycles. The predicted molar refractivity (Wildman–Crippen MR) is 140 cm³/mol. The number of carbonyl (C=O) groups is 2. The molecule has 1 atom stereocenters. The first kappa shape index (κ1) is 29.4. The van der Waals surface area contributed by atoms with Gasteiger partial charge < -0.3 is 29.0 Å². The van der Waals surface area contributed by atoms with Crippen LogP contribution in [-0.4, -0.2) is 67.2 Å². The standard InChI is InChI=1S/C29H38FNO7/c1-2-36-27(28(32)33)20-22-10-14-25(15-11-22)37-19-17-31(29(34)38-26-6-3-4-7-26)16-5-18-35-21-23-8-12-24(30)13-9-23/h8-15,26-27H,2-7,16-21H2,1H3,(H,32,33). The van der Waals surface area contributed by atoms with Gasteiger partial charge in [0.1, 0.15) is 24.3 Å². The molecule has 38 heavy (non-hydrogen) atoms. The molecule has 0 spiro atoms. The highest BCUT2D eigenvalue weighted by molar-refractivity contribution is 5.72. The second-order valence-electron chi connectivity index (χ2n) is 9.29. The molecule has 208 valence electrons. The number of aliphatic carboxylic acids is 1. The fraction of sp³-hybridized carbons (Fsp3) is 0.517. The molecule has 2 aromatic carbocycles. The highest BCUT2D eigenvalue weighted by Gasteiger charge is 2.23. The summed E-state index contributed by atoms with van der Waals surface area (Å²) in [6, 6.07) is 13.4. The van der Waals surface area contributed by atoms with Gasteiger partial charge in [-0.3, -0.25) is 0 Å². The van der Waals surface area contributed by atoms with Gasteiger partial charge >= 0.3 is 12.1 Å². The highest BCUT2D eigenvalue weighted by atomic mass is 19.1. The van der Waals surface area contributed by atoms with Crippen LogP contribution in [0.2, 0.25) is 0 Å². The maximum atomic E-state index is 13.0. The van der Waals surface area contributed by atoms with Gasteiger partial charge in [0.15, 0.2) is 6.10 Å². The SMILES string of the molecule is CCOC(Cc1ccc(OCCN(CCCOCc2ccc(F)cc2)C(=O)OC2CCCC2)cc1)C(=O)O.